The van der Waals surface area contributed by atoms with Crippen LogP contribution in [0.5, 0.6) is 0 Å². The molecule has 90 valence electrons. The number of nitrogens with zero attached hydrogens (tertiary/aromatic N) is 4. The van der Waals surface area contributed by atoms with Crippen molar-refractivity contribution in [3.63, 3.8) is 0 Å². The predicted octanol–water partition coefficient (Wildman–Crippen LogP) is -0.0117. The first-order valence-corrected chi connectivity index (χ1v) is 5.22. The number of aromatic nitrogens is 4. The molecule has 0 bridgehead atoms. The first-order valence-electron chi connectivity index (χ1n) is 5.22. The summed E-state index contributed by atoms with van der Waals surface area (Å²) in [6, 6.07) is 0. The fourth-order valence-corrected chi connectivity index (χ4v) is 1.39. The van der Waals surface area contributed by atoms with E-state index in [-0.39, 0.29) is 17.6 Å². The first-order chi connectivity index (χ1) is 8.11. The lowest BCUT2D eigenvalue weighted by Crippen LogP contribution is -2.09. The SMILES string of the molecule is CCCNc1nc(N)c2nc(N)nc(N)c2n1. The molecular weight excluding hydrogens is 220 g/mol. The summed E-state index contributed by atoms with van der Waals surface area (Å²) in [4.78, 5) is 16.1. The van der Waals surface area contributed by atoms with Crippen LogP contribution in [-0.4, -0.2) is 26.5 Å². The quantitative estimate of drug-likeness (QED) is 0.580. The molecule has 0 saturated carbocycles. The lowest BCUT2D eigenvalue weighted by Gasteiger charge is -2.07. The molecule has 8 nitrogen and oxygen atoms in total. The molecule has 2 aromatic rings. The van der Waals surface area contributed by atoms with Crippen LogP contribution in [0.3, 0.4) is 0 Å². The van der Waals surface area contributed by atoms with Crippen molar-refractivity contribution < 1.29 is 0 Å². The van der Waals surface area contributed by atoms with E-state index in [1.54, 1.807) is 0 Å². The van der Waals surface area contributed by atoms with Gasteiger partial charge in [0.15, 0.2) is 11.6 Å². The second-order valence-electron chi connectivity index (χ2n) is 3.52. The molecule has 0 fully saturated rings. The van der Waals surface area contributed by atoms with E-state index in [1.165, 1.54) is 0 Å². The molecule has 0 unspecified atom stereocenters. The lowest BCUT2D eigenvalue weighted by atomic mass is 10.4. The van der Waals surface area contributed by atoms with Gasteiger partial charge in [-0.05, 0) is 6.42 Å². The van der Waals surface area contributed by atoms with Gasteiger partial charge in [0.2, 0.25) is 11.9 Å². The third kappa shape index (κ3) is 2.10. The molecule has 0 aliphatic carbocycles. The molecule has 0 atom stereocenters. The van der Waals surface area contributed by atoms with Gasteiger partial charge in [-0.1, -0.05) is 6.92 Å². The van der Waals surface area contributed by atoms with Gasteiger partial charge in [0.1, 0.15) is 11.0 Å². The normalized spacial score (nSPS) is 10.6. The third-order valence-corrected chi connectivity index (χ3v) is 2.15. The number of rotatable bonds is 3. The molecule has 2 rings (SSSR count). The van der Waals surface area contributed by atoms with E-state index in [0.717, 1.165) is 13.0 Å². The Morgan fingerprint density at radius 1 is 0.941 bits per heavy atom. The highest BCUT2D eigenvalue weighted by molar-refractivity contribution is 5.92. The standard InChI is InChI=1S/C9H14N8/c1-2-3-13-9-15-5-4(7(11)17-9)14-8(12)16-6(5)10/h2-3H2,1H3,(H4,10,12,14,16)(H3,11,13,15,17). The van der Waals surface area contributed by atoms with Gasteiger partial charge in [0.25, 0.3) is 0 Å². The van der Waals surface area contributed by atoms with Crippen LogP contribution in [0.1, 0.15) is 13.3 Å². The van der Waals surface area contributed by atoms with Gasteiger partial charge in [-0.15, -0.1) is 0 Å². The maximum absolute atomic E-state index is 5.77. The van der Waals surface area contributed by atoms with Gasteiger partial charge in [-0.3, -0.25) is 0 Å². The Hall–Kier alpha value is -2.38. The van der Waals surface area contributed by atoms with Crippen LogP contribution in [0, 0.1) is 0 Å². The van der Waals surface area contributed by atoms with Crippen molar-refractivity contribution in [1.82, 2.24) is 19.9 Å². The average Bonchev–Trinajstić information content (AvgIpc) is 2.28. The third-order valence-electron chi connectivity index (χ3n) is 2.15. The molecular formula is C9H14N8. The fraction of sp³-hybridized carbons (Fsp3) is 0.333. The lowest BCUT2D eigenvalue weighted by molar-refractivity contribution is 0.957. The van der Waals surface area contributed by atoms with Gasteiger partial charge in [-0.2, -0.15) is 9.97 Å². The monoisotopic (exact) mass is 234 g/mol. The van der Waals surface area contributed by atoms with Crippen molar-refractivity contribution >= 4 is 34.6 Å². The number of hydrogen-bond donors (Lipinski definition) is 4. The Labute approximate surface area is 97.7 Å². The van der Waals surface area contributed by atoms with E-state index in [0.29, 0.717) is 17.0 Å². The van der Waals surface area contributed by atoms with E-state index >= 15 is 0 Å². The van der Waals surface area contributed by atoms with E-state index in [2.05, 4.69) is 25.3 Å². The zero-order chi connectivity index (χ0) is 12.4. The maximum Gasteiger partial charge on any atom is 0.225 e. The van der Waals surface area contributed by atoms with Crippen molar-refractivity contribution in [2.45, 2.75) is 13.3 Å². The highest BCUT2D eigenvalue weighted by Crippen LogP contribution is 2.22. The largest absolute Gasteiger partial charge is 0.382 e. The Morgan fingerprint density at radius 3 is 2.29 bits per heavy atom. The molecule has 8 heteroatoms. The minimum atomic E-state index is 0.0552. The first kappa shape index (κ1) is 11.1. The van der Waals surface area contributed by atoms with Crippen molar-refractivity contribution in [2.24, 2.45) is 0 Å². The molecule has 0 amide bonds. The van der Waals surface area contributed by atoms with Gasteiger partial charge in [0.05, 0.1) is 0 Å². The van der Waals surface area contributed by atoms with E-state index < -0.39 is 0 Å². The summed E-state index contributed by atoms with van der Waals surface area (Å²) in [6.07, 6.45) is 0.953. The number of hydrogen-bond acceptors (Lipinski definition) is 8. The van der Waals surface area contributed by atoms with Gasteiger partial charge >= 0.3 is 0 Å². The van der Waals surface area contributed by atoms with Crippen molar-refractivity contribution in [1.29, 1.82) is 0 Å². The molecule has 2 heterocycles. The highest BCUT2D eigenvalue weighted by atomic mass is 15.1. The zero-order valence-corrected chi connectivity index (χ0v) is 9.44. The molecule has 7 N–H and O–H groups in total. The van der Waals surface area contributed by atoms with Gasteiger partial charge in [0, 0.05) is 6.54 Å². The maximum atomic E-state index is 5.77. The summed E-state index contributed by atoms with van der Waals surface area (Å²) in [5.41, 5.74) is 17.8. The molecule has 0 aliphatic rings. The van der Waals surface area contributed by atoms with Gasteiger partial charge in [-0.25, -0.2) is 9.97 Å². The van der Waals surface area contributed by atoms with Crippen molar-refractivity contribution in [3.05, 3.63) is 0 Å². The minimum Gasteiger partial charge on any atom is -0.382 e. The molecule has 0 spiro atoms. The van der Waals surface area contributed by atoms with Crippen LogP contribution >= 0.6 is 0 Å². The Balaban J connectivity index is 2.56. The summed E-state index contributed by atoms with van der Waals surface area (Å²) in [7, 11) is 0. The zero-order valence-electron chi connectivity index (χ0n) is 9.44. The molecule has 0 saturated heterocycles. The number of nitrogens with one attached hydrogen (secondary N) is 1. The van der Waals surface area contributed by atoms with Crippen LogP contribution in [0.4, 0.5) is 23.5 Å². The molecule has 2 aromatic heterocycles. The molecule has 17 heavy (non-hydrogen) atoms. The Bertz CT molecular complexity index is 552. The van der Waals surface area contributed by atoms with Crippen LogP contribution in [0.15, 0.2) is 0 Å². The molecule has 0 radical (unpaired) electrons. The fourth-order valence-electron chi connectivity index (χ4n) is 1.39. The number of nitrogens with two attached hydrogens (primary N) is 3. The van der Waals surface area contributed by atoms with Crippen molar-refractivity contribution in [2.75, 3.05) is 29.1 Å². The summed E-state index contributed by atoms with van der Waals surface area (Å²) in [5.74, 6) is 0.895. The summed E-state index contributed by atoms with van der Waals surface area (Å²) in [6.45, 7) is 2.79. The van der Waals surface area contributed by atoms with Crippen LogP contribution < -0.4 is 22.5 Å². The van der Waals surface area contributed by atoms with E-state index in [4.69, 9.17) is 17.2 Å². The predicted molar refractivity (Wildman–Crippen MR) is 67.1 cm³/mol. The Kier molecular flexibility index (Phi) is 2.77. The highest BCUT2D eigenvalue weighted by Gasteiger charge is 2.11. The summed E-state index contributed by atoms with van der Waals surface area (Å²) in [5, 5.41) is 3.02. The minimum absolute atomic E-state index is 0.0552. The van der Waals surface area contributed by atoms with Crippen LogP contribution in [0.25, 0.3) is 11.0 Å². The van der Waals surface area contributed by atoms with Gasteiger partial charge < -0.3 is 22.5 Å². The van der Waals surface area contributed by atoms with Crippen LogP contribution in [-0.2, 0) is 0 Å². The summed E-state index contributed by atoms with van der Waals surface area (Å²) < 4.78 is 0. The van der Waals surface area contributed by atoms with E-state index in [9.17, 15) is 0 Å². The van der Waals surface area contributed by atoms with E-state index in [1.807, 2.05) is 6.92 Å². The average molecular weight is 234 g/mol. The Morgan fingerprint density at radius 2 is 1.59 bits per heavy atom. The molecule has 0 aromatic carbocycles. The smallest absolute Gasteiger partial charge is 0.225 e. The summed E-state index contributed by atoms with van der Waals surface area (Å²) >= 11 is 0. The van der Waals surface area contributed by atoms with Crippen molar-refractivity contribution in [3.8, 4) is 0 Å². The topological polar surface area (TPSA) is 142 Å². The van der Waals surface area contributed by atoms with Crippen LogP contribution in [0.2, 0.25) is 0 Å². The second-order valence-corrected chi connectivity index (χ2v) is 3.52. The molecule has 0 aliphatic heterocycles. The number of fused-ring (bicyclic) bond motifs is 1. The second kappa shape index (κ2) is 4.24. The number of anilines is 4. The number of nitrogen functional groups attached to an aromatic ring is 3.